The van der Waals surface area contributed by atoms with Crippen LogP contribution in [0.1, 0.15) is 41.6 Å². The molecule has 1 atom stereocenters. The lowest BCUT2D eigenvalue weighted by Crippen LogP contribution is -2.17. The molecule has 0 aliphatic rings. The number of nitrogens with zero attached hydrogens (tertiary/aromatic N) is 4. The molecule has 0 saturated carbocycles. The van der Waals surface area contributed by atoms with Gasteiger partial charge in [0.15, 0.2) is 5.78 Å². The summed E-state index contributed by atoms with van der Waals surface area (Å²) in [5.41, 5.74) is 1.83. The molecule has 0 saturated heterocycles. The highest BCUT2D eigenvalue weighted by molar-refractivity contribution is 5.98. The van der Waals surface area contributed by atoms with Gasteiger partial charge in [0.1, 0.15) is 18.4 Å². The van der Waals surface area contributed by atoms with E-state index in [2.05, 4.69) is 17.0 Å². The van der Waals surface area contributed by atoms with Gasteiger partial charge in [0.2, 0.25) is 0 Å². The van der Waals surface area contributed by atoms with Gasteiger partial charge < -0.3 is 0 Å². The molecule has 0 radical (unpaired) electrons. The van der Waals surface area contributed by atoms with E-state index in [0.29, 0.717) is 5.56 Å². The molecule has 1 aromatic carbocycles. The minimum atomic E-state index is -0.470. The van der Waals surface area contributed by atoms with Gasteiger partial charge in [0, 0.05) is 5.56 Å². The number of hydrogen-bond donors (Lipinski definition) is 0. The van der Waals surface area contributed by atoms with Gasteiger partial charge in [-0.1, -0.05) is 31.2 Å². The molecule has 0 fully saturated rings. The molecular formula is C14H14N4O. The van der Waals surface area contributed by atoms with Crippen molar-refractivity contribution in [3.8, 4) is 6.07 Å². The van der Waals surface area contributed by atoms with Gasteiger partial charge in [0.25, 0.3) is 5.82 Å². The summed E-state index contributed by atoms with van der Waals surface area (Å²) in [7, 11) is 0. The first kappa shape index (κ1) is 13.0. The van der Waals surface area contributed by atoms with Crippen molar-refractivity contribution in [1.82, 2.24) is 14.8 Å². The van der Waals surface area contributed by atoms with Crippen LogP contribution in [0.2, 0.25) is 0 Å². The number of rotatable bonds is 4. The minimum absolute atomic E-state index is 0.0444. The summed E-state index contributed by atoms with van der Waals surface area (Å²) in [4.78, 5) is 16.1. The van der Waals surface area contributed by atoms with Gasteiger partial charge in [0.05, 0.1) is 0 Å². The van der Waals surface area contributed by atoms with E-state index in [0.717, 1.165) is 6.42 Å². The zero-order chi connectivity index (χ0) is 13.8. The second-order valence-corrected chi connectivity index (χ2v) is 4.25. The first-order valence-corrected chi connectivity index (χ1v) is 6.10. The van der Waals surface area contributed by atoms with Crippen LogP contribution >= 0.6 is 0 Å². The van der Waals surface area contributed by atoms with Crippen molar-refractivity contribution in [3.05, 3.63) is 47.5 Å². The largest absolute Gasteiger partial charge is 0.292 e. The van der Waals surface area contributed by atoms with Crippen LogP contribution in [0.15, 0.2) is 30.6 Å². The Labute approximate surface area is 111 Å². The van der Waals surface area contributed by atoms with Gasteiger partial charge in [-0.05, 0) is 18.9 Å². The zero-order valence-corrected chi connectivity index (χ0v) is 10.9. The molecule has 5 nitrogen and oxygen atoms in total. The maximum atomic E-state index is 12.3. The molecule has 0 aliphatic carbocycles. The first-order chi connectivity index (χ1) is 9.15. The summed E-state index contributed by atoms with van der Waals surface area (Å²) >= 11 is 0. The lowest BCUT2D eigenvalue weighted by atomic mass is 10.0. The quantitative estimate of drug-likeness (QED) is 0.784. The number of carbonyl (C=O) groups excluding carboxylic acids is 1. The highest BCUT2D eigenvalue weighted by atomic mass is 16.1. The van der Waals surface area contributed by atoms with Crippen LogP contribution in [0.3, 0.4) is 0 Å². The molecule has 19 heavy (non-hydrogen) atoms. The van der Waals surface area contributed by atoms with E-state index in [-0.39, 0.29) is 11.6 Å². The van der Waals surface area contributed by atoms with Crippen LogP contribution in [-0.2, 0) is 6.42 Å². The maximum absolute atomic E-state index is 12.3. The van der Waals surface area contributed by atoms with Crippen molar-refractivity contribution in [2.45, 2.75) is 26.3 Å². The van der Waals surface area contributed by atoms with Crippen LogP contribution in [0.5, 0.6) is 0 Å². The Bertz CT molecular complexity index is 622. The van der Waals surface area contributed by atoms with Gasteiger partial charge in [-0.3, -0.25) is 4.79 Å². The summed E-state index contributed by atoms with van der Waals surface area (Å²) in [5, 5.41) is 12.6. The number of aromatic nitrogens is 3. The topological polar surface area (TPSA) is 71.6 Å². The third kappa shape index (κ3) is 2.68. The van der Waals surface area contributed by atoms with Crippen LogP contribution in [-0.4, -0.2) is 20.5 Å². The summed E-state index contributed by atoms with van der Waals surface area (Å²) in [5.74, 6) is 0.0259. The number of hydrogen-bond acceptors (Lipinski definition) is 4. The molecule has 1 aromatic heterocycles. The Morgan fingerprint density at radius 3 is 2.63 bits per heavy atom. The van der Waals surface area contributed by atoms with Crippen LogP contribution < -0.4 is 0 Å². The summed E-state index contributed by atoms with van der Waals surface area (Å²) < 4.78 is 1.41. The zero-order valence-electron chi connectivity index (χ0n) is 10.9. The predicted molar refractivity (Wildman–Crippen MR) is 69.6 cm³/mol. The number of benzene rings is 1. The highest BCUT2D eigenvalue weighted by Gasteiger charge is 2.18. The van der Waals surface area contributed by atoms with Crippen LogP contribution in [0.4, 0.5) is 0 Å². The fraction of sp³-hybridized carbons (Fsp3) is 0.286. The van der Waals surface area contributed by atoms with E-state index >= 15 is 0 Å². The number of aryl methyl sites for hydroxylation is 1. The molecule has 0 aliphatic heterocycles. The van der Waals surface area contributed by atoms with E-state index in [1.165, 1.54) is 16.6 Å². The van der Waals surface area contributed by atoms with Crippen molar-refractivity contribution in [2.75, 3.05) is 0 Å². The van der Waals surface area contributed by atoms with E-state index in [1.54, 1.807) is 6.92 Å². The average molecular weight is 254 g/mol. The summed E-state index contributed by atoms with van der Waals surface area (Å²) in [6.07, 6.45) is 2.35. The molecular weight excluding hydrogens is 240 g/mol. The fourth-order valence-electron chi connectivity index (χ4n) is 1.78. The first-order valence-electron chi connectivity index (χ1n) is 6.10. The second-order valence-electron chi connectivity index (χ2n) is 4.25. The second kappa shape index (κ2) is 5.44. The van der Waals surface area contributed by atoms with E-state index < -0.39 is 6.04 Å². The van der Waals surface area contributed by atoms with E-state index in [4.69, 9.17) is 5.26 Å². The van der Waals surface area contributed by atoms with Crippen molar-refractivity contribution in [1.29, 1.82) is 5.26 Å². The summed E-state index contributed by atoms with van der Waals surface area (Å²) in [6, 6.07) is 8.90. The van der Waals surface area contributed by atoms with Gasteiger partial charge in [-0.15, -0.1) is 5.10 Å². The Hall–Kier alpha value is -2.48. The molecule has 0 bridgehead atoms. The third-order valence-corrected chi connectivity index (χ3v) is 3.03. The maximum Gasteiger partial charge on any atom is 0.252 e. The number of nitriles is 1. The summed E-state index contributed by atoms with van der Waals surface area (Å²) in [6.45, 7) is 3.81. The van der Waals surface area contributed by atoms with Crippen molar-refractivity contribution >= 4 is 5.78 Å². The SMILES string of the molecule is CCc1ccc(C(=O)C(C)n2cnc(C#N)n2)cc1. The van der Waals surface area contributed by atoms with Crippen LogP contribution in [0, 0.1) is 11.3 Å². The Balaban J connectivity index is 2.20. The normalized spacial score (nSPS) is 11.8. The monoisotopic (exact) mass is 254 g/mol. The predicted octanol–water partition coefficient (Wildman–Crippen LogP) is 2.16. The smallest absolute Gasteiger partial charge is 0.252 e. The molecule has 1 heterocycles. The Morgan fingerprint density at radius 1 is 1.42 bits per heavy atom. The minimum Gasteiger partial charge on any atom is -0.292 e. The molecule has 0 amide bonds. The highest BCUT2D eigenvalue weighted by Crippen LogP contribution is 2.14. The van der Waals surface area contributed by atoms with Gasteiger partial charge >= 0.3 is 0 Å². The standard InChI is InChI=1S/C14H14N4O/c1-3-11-4-6-12(7-5-11)14(19)10(2)18-9-16-13(8-15)17-18/h4-7,9-10H,3H2,1-2H3. The lowest BCUT2D eigenvalue weighted by Gasteiger charge is -2.10. The number of Topliss-reactive ketones (excluding diaryl/α,β-unsaturated/α-hetero) is 1. The number of carbonyl (C=O) groups is 1. The van der Waals surface area contributed by atoms with Crippen molar-refractivity contribution in [3.63, 3.8) is 0 Å². The van der Waals surface area contributed by atoms with E-state index in [1.807, 2.05) is 30.3 Å². The van der Waals surface area contributed by atoms with Crippen molar-refractivity contribution < 1.29 is 4.79 Å². The average Bonchev–Trinajstić information content (AvgIpc) is 2.94. The molecule has 1 unspecified atom stereocenters. The van der Waals surface area contributed by atoms with Gasteiger partial charge in [-0.25, -0.2) is 9.67 Å². The number of ketones is 1. The molecule has 0 spiro atoms. The fourth-order valence-corrected chi connectivity index (χ4v) is 1.78. The van der Waals surface area contributed by atoms with Crippen molar-refractivity contribution in [2.24, 2.45) is 0 Å². The molecule has 2 rings (SSSR count). The Morgan fingerprint density at radius 2 is 2.11 bits per heavy atom. The lowest BCUT2D eigenvalue weighted by molar-refractivity contribution is 0.0928. The third-order valence-electron chi connectivity index (χ3n) is 3.03. The molecule has 96 valence electrons. The molecule has 0 N–H and O–H groups in total. The molecule has 5 heteroatoms. The Kier molecular flexibility index (Phi) is 3.71. The van der Waals surface area contributed by atoms with Gasteiger partial charge in [-0.2, -0.15) is 5.26 Å². The van der Waals surface area contributed by atoms with E-state index in [9.17, 15) is 4.79 Å². The molecule has 2 aromatic rings. The van der Waals surface area contributed by atoms with Crippen LogP contribution in [0.25, 0.3) is 0 Å².